The van der Waals surface area contributed by atoms with E-state index in [9.17, 15) is 9.59 Å². The van der Waals surface area contributed by atoms with Gasteiger partial charge in [-0.05, 0) is 19.1 Å². The van der Waals surface area contributed by atoms with E-state index in [1.165, 1.54) is 11.8 Å². The van der Waals surface area contributed by atoms with Gasteiger partial charge in [-0.2, -0.15) is 0 Å². The molecular weight excluding hydrogens is 392 g/mol. The van der Waals surface area contributed by atoms with Gasteiger partial charge >= 0.3 is 0 Å². The Morgan fingerprint density at radius 2 is 2.28 bits per heavy atom. The number of amides is 1. The van der Waals surface area contributed by atoms with Crippen LogP contribution in [0.3, 0.4) is 0 Å². The van der Waals surface area contributed by atoms with E-state index < -0.39 is 0 Å². The van der Waals surface area contributed by atoms with Crippen LogP contribution in [0.5, 0.6) is 5.75 Å². The molecule has 9 heteroatoms. The molecule has 3 heterocycles. The van der Waals surface area contributed by atoms with Crippen LogP contribution < -0.4 is 15.6 Å². The second-order valence-electron chi connectivity index (χ2n) is 6.76. The van der Waals surface area contributed by atoms with Crippen molar-refractivity contribution in [2.45, 2.75) is 31.1 Å². The third-order valence-electron chi connectivity index (χ3n) is 4.70. The minimum Gasteiger partial charge on any atom is -0.497 e. The summed E-state index contributed by atoms with van der Waals surface area (Å²) in [6.45, 7) is 1.98. The van der Waals surface area contributed by atoms with Gasteiger partial charge in [-0.15, -0.1) is 0 Å². The number of methoxy groups -OCH3 is 1. The summed E-state index contributed by atoms with van der Waals surface area (Å²) in [5.74, 6) is 1.83. The highest BCUT2D eigenvalue weighted by Gasteiger charge is 2.27. The summed E-state index contributed by atoms with van der Waals surface area (Å²) < 4.78 is 12.2. The smallest absolute Gasteiger partial charge is 0.257 e. The number of carbonyl (C=O) groups excluding carboxylic acids is 1. The topological polar surface area (TPSA) is 99.2 Å². The molecule has 1 aliphatic heterocycles. The molecule has 4 rings (SSSR count). The van der Waals surface area contributed by atoms with Gasteiger partial charge in [0.05, 0.1) is 19.7 Å². The quantitative estimate of drug-likeness (QED) is 0.621. The van der Waals surface area contributed by atoms with Crippen molar-refractivity contribution in [2.24, 2.45) is 0 Å². The van der Waals surface area contributed by atoms with Crippen molar-refractivity contribution in [3.05, 3.63) is 58.1 Å². The Labute approximate surface area is 171 Å². The average molecular weight is 412 g/mol. The van der Waals surface area contributed by atoms with Crippen LogP contribution in [0.15, 0.2) is 51.0 Å². The Bertz CT molecular complexity index is 1110. The SMILES string of the molecule is COc1cccc(-c2cc(CNC(=O)CC3CSc4ncc(C)c(=O)n43)no2)c1. The molecule has 29 heavy (non-hydrogen) atoms. The van der Waals surface area contributed by atoms with E-state index >= 15 is 0 Å². The fraction of sp³-hybridized carbons (Fsp3) is 0.300. The van der Waals surface area contributed by atoms with Gasteiger partial charge < -0.3 is 14.6 Å². The van der Waals surface area contributed by atoms with E-state index in [2.05, 4.69) is 15.5 Å². The number of nitrogens with zero attached hydrogens (tertiary/aromatic N) is 3. The minimum absolute atomic E-state index is 0.0859. The zero-order chi connectivity index (χ0) is 20.4. The highest BCUT2D eigenvalue weighted by Crippen LogP contribution is 2.31. The normalized spacial score (nSPS) is 15.2. The van der Waals surface area contributed by atoms with E-state index in [0.29, 0.717) is 27.9 Å². The first-order valence-electron chi connectivity index (χ1n) is 9.13. The number of hydrogen-bond acceptors (Lipinski definition) is 7. The maximum atomic E-state index is 12.4. The lowest BCUT2D eigenvalue weighted by Gasteiger charge is -2.13. The summed E-state index contributed by atoms with van der Waals surface area (Å²) in [5.41, 5.74) is 1.95. The molecule has 0 saturated heterocycles. The van der Waals surface area contributed by atoms with Crippen molar-refractivity contribution >= 4 is 17.7 Å². The molecule has 0 spiro atoms. The Morgan fingerprint density at radius 3 is 3.10 bits per heavy atom. The molecule has 3 aromatic rings. The van der Waals surface area contributed by atoms with Crippen LogP contribution in [0.4, 0.5) is 0 Å². The molecule has 2 aromatic heterocycles. The van der Waals surface area contributed by atoms with Crippen LogP contribution >= 0.6 is 11.8 Å². The number of nitrogens with one attached hydrogen (secondary N) is 1. The Kier molecular flexibility index (Phi) is 5.39. The second kappa shape index (κ2) is 8.12. The van der Waals surface area contributed by atoms with E-state index in [0.717, 1.165) is 11.3 Å². The molecule has 0 bridgehead atoms. The van der Waals surface area contributed by atoms with E-state index in [-0.39, 0.29) is 30.5 Å². The van der Waals surface area contributed by atoms with Gasteiger partial charge in [-0.25, -0.2) is 4.98 Å². The second-order valence-corrected chi connectivity index (χ2v) is 7.75. The molecule has 1 N–H and O–H groups in total. The zero-order valence-corrected chi connectivity index (χ0v) is 16.9. The lowest BCUT2D eigenvalue weighted by atomic mass is 10.1. The van der Waals surface area contributed by atoms with Crippen LogP contribution in [0.2, 0.25) is 0 Å². The predicted octanol–water partition coefficient (Wildman–Crippen LogP) is 2.57. The van der Waals surface area contributed by atoms with Crippen molar-refractivity contribution in [3.63, 3.8) is 0 Å². The van der Waals surface area contributed by atoms with Gasteiger partial charge in [0.25, 0.3) is 5.56 Å². The number of rotatable bonds is 6. The Hall–Kier alpha value is -3.07. The summed E-state index contributed by atoms with van der Waals surface area (Å²) in [7, 11) is 1.60. The zero-order valence-electron chi connectivity index (χ0n) is 16.0. The molecule has 0 saturated carbocycles. The number of aryl methyl sites for hydroxylation is 1. The third kappa shape index (κ3) is 4.04. The fourth-order valence-corrected chi connectivity index (χ4v) is 4.26. The van der Waals surface area contributed by atoms with E-state index in [1.54, 1.807) is 30.9 Å². The maximum absolute atomic E-state index is 12.4. The molecule has 1 aliphatic rings. The van der Waals surface area contributed by atoms with Crippen LogP contribution in [0.25, 0.3) is 11.3 Å². The van der Waals surface area contributed by atoms with Crippen LogP contribution in [0, 0.1) is 6.92 Å². The summed E-state index contributed by atoms with van der Waals surface area (Å²) >= 11 is 1.49. The highest BCUT2D eigenvalue weighted by molar-refractivity contribution is 7.99. The average Bonchev–Trinajstić information content (AvgIpc) is 3.37. The first-order valence-corrected chi connectivity index (χ1v) is 10.1. The summed E-state index contributed by atoms with van der Waals surface area (Å²) in [5, 5.41) is 7.53. The lowest BCUT2D eigenvalue weighted by molar-refractivity contribution is -0.121. The van der Waals surface area contributed by atoms with Crippen molar-refractivity contribution in [3.8, 4) is 17.1 Å². The van der Waals surface area contributed by atoms with Crippen molar-refractivity contribution in [1.82, 2.24) is 20.0 Å². The van der Waals surface area contributed by atoms with Gasteiger partial charge in [0.2, 0.25) is 5.91 Å². The standard InChI is InChI=1S/C20H20N4O4S/c1-12-9-22-20-24(19(12)26)15(11-29-20)8-18(25)21-10-14-7-17(28-23-14)13-4-3-5-16(6-13)27-2/h3-7,9,15H,8,10-11H2,1-2H3,(H,21,25). The molecule has 1 aromatic carbocycles. The number of hydrogen-bond donors (Lipinski definition) is 1. The molecule has 8 nitrogen and oxygen atoms in total. The molecule has 1 amide bonds. The molecule has 1 atom stereocenters. The van der Waals surface area contributed by atoms with Crippen LogP contribution in [0.1, 0.15) is 23.7 Å². The molecular formula is C20H20N4O4S. The first-order chi connectivity index (χ1) is 14.0. The van der Waals surface area contributed by atoms with Gasteiger partial charge in [0.15, 0.2) is 10.9 Å². The Morgan fingerprint density at radius 1 is 1.41 bits per heavy atom. The number of ether oxygens (including phenoxy) is 1. The van der Waals surface area contributed by atoms with E-state index in [4.69, 9.17) is 9.26 Å². The number of carbonyl (C=O) groups is 1. The van der Waals surface area contributed by atoms with E-state index in [1.807, 2.05) is 24.3 Å². The summed E-state index contributed by atoms with van der Waals surface area (Å²) in [4.78, 5) is 29.0. The molecule has 0 aliphatic carbocycles. The highest BCUT2D eigenvalue weighted by atomic mass is 32.2. The molecule has 1 unspecified atom stereocenters. The Balaban J connectivity index is 1.38. The fourth-order valence-electron chi connectivity index (χ4n) is 3.15. The third-order valence-corrected chi connectivity index (χ3v) is 5.81. The van der Waals surface area contributed by atoms with Crippen molar-refractivity contribution in [1.29, 1.82) is 0 Å². The summed E-state index contributed by atoms with van der Waals surface area (Å²) in [6, 6.07) is 9.06. The molecule has 0 radical (unpaired) electrons. The number of benzene rings is 1. The minimum atomic E-state index is -0.195. The predicted molar refractivity (Wildman–Crippen MR) is 108 cm³/mol. The summed E-state index contributed by atoms with van der Waals surface area (Å²) in [6.07, 6.45) is 1.79. The molecule has 0 fully saturated rings. The van der Waals surface area contributed by atoms with Gasteiger partial charge in [0, 0.05) is 35.6 Å². The monoisotopic (exact) mass is 412 g/mol. The van der Waals surface area contributed by atoms with Gasteiger partial charge in [-0.3, -0.25) is 14.2 Å². The van der Waals surface area contributed by atoms with Crippen LogP contribution in [-0.2, 0) is 11.3 Å². The number of thioether (sulfide) groups is 1. The largest absolute Gasteiger partial charge is 0.497 e. The van der Waals surface area contributed by atoms with Gasteiger partial charge in [-0.1, -0.05) is 29.1 Å². The maximum Gasteiger partial charge on any atom is 0.257 e. The van der Waals surface area contributed by atoms with Gasteiger partial charge in [0.1, 0.15) is 11.4 Å². The van der Waals surface area contributed by atoms with Crippen molar-refractivity contribution < 1.29 is 14.1 Å². The van der Waals surface area contributed by atoms with Crippen molar-refractivity contribution in [2.75, 3.05) is 12.9 Å². The molecule has 150 valence electrons. The first kappa shape index (κ1) is 19.3. The number of aromatic nitrogens is 3. The lowest BCUT2D eigenvalue weighted by Crippen LogP contribution is -2.31. The van der Waals surface area contributed by atoms with Crippen LogP contribution in [-0.4, -0.2) is 33.5 Å². The number of fused-ring (bicyclic) bond motifs is 1.